The molecule has 2 heterocycles. The number of carbonyl (C=O) groups excluding carboxylic acids is 11. The van der Waals surface area contributed by atoms with Crippen molar-refractivity contribution in [2.24, 2.45) is 34.8 Å². The maximum absolute atomic E-state index is 14.7. The van der Waals surface area contributed by atoms with E-state index in [1.54, 1.807) is 13.8 Å². The van der Waals surface area contributed by atoms with Crippen LogP contribution in [0.5, 0.6) is 5.75 Å². The molecule has 24 nitrogen and oxygen atoms in total. The Morgan fingerprint density at radius 1 is 0.775 bits per heavy atom. The minimum atomic E-state index is -1.75. The first kappa shape index (κ1) is 59.2. The SMILES string of the molecule is CC[C@H](C)[C@@H]1NC(=O)[C@H](Cc2ccc(O)cc2)NC(=O)[C@@H](N)CSSC[C@@H](C(=O)N2CCC[C@H]2C(=O)N(C)[C@@H](CC(C)C)C(=O)N(C)CC(N)=O)NC(=O)[C@H](CC(N)=O)NC(=O)[C@H](CCC(N)=O)NC1=O. The molecule has 1 aromatic rings. The van der Waals surface area contributed by atoms with Gasteiger partial charge in [0.2, 0.25) is 65.0 Å². The number of nitrogens with zero attached hydrogens (tertiary/aromatic N) is 3. The molecule has 2 aliphatic rings. The summed E-state index contributed by atoms with van der Waals surface area (Å²) in [4.78, 5) is 152. The van der Waals surface area contributed by atoms with E-state index in [1.807, 2.05) is 13.8 Å². The Balaban J connectivity index is 2.08. The van der Waals surface area contributed by atoms with Crippen LogP contribution in [-0.4, -0.2) is 172 Å². The van der Waals surface area contributed by atoms with Crippen molar-refractivity contribution in [3.63, 3.8) is 0 Å². The standard InChI is InChI=1S/C45H70N12O12S2/c1-7-24(4)37-42(66)50-28(14-15-34(47)59)39(63)52-30(19-35(48)60)40(64)53-31(22-71-70-21-27(46)38(62)51-29(41(65)54-37)18-25-10-12-26(58)13-11-25)43(67)57-16-8-9-32(57)45(69)56(6)33(17-23(2)3)44(68)55(5)20-36(49)61/h10-13,23-24,27-33,37,58H,7-9,14-22,46H2,1-6H3,(H2,47,59)(H2,48,60)(H2,49,61)(H,50,66)(H,51,62)(H,52,63)(H,53,64)(H,54,65)/t24-,27-,28-,29-,30-,31-,32-,33-,37-/m0/s1. The molecule has 2 aliphatic heterocycles. The highest BCUT2D eigenvalue weighted by molar-refractivity contribution is 8.76. The van der Waals surface area contributed by atoms with Gasteiger partial charge in [-0.2, -0.15) is 0 Å². The van der Waals surface area contributed by atoms with Crippen molar-refractivity contribution in [2.75, 3.05) is 38.7 Å². The van der Waals surface area contributed by atoms with Crippen LogP contribution < -0.4 is 49.5 Å². The van der Waals surface area contributed by atoms with E-state index in [-0.39, 0.29) is 49.0 Å². The minimum Gasteiger partial charge on any atom is -0.508 e. The highest BCUT2D eigenvalue weighted by Gasteiger charge is 2.43. The summed E-state index contributed by atoms with van der Waals surface area (Å²) >= 11 is 0. The number of primary amides is 3. The van der Waals surface area contributed by atoms with Crippen LogP contribution in [0.2, 0.25) is 0 Å². The number of amides is 11. The summed E-state index contributed by atoms with van der Waals surface area (Å²) in [6.45, 7) is 6.76. The van der Waals surface area contributed by atoms with Gasteiger partial charge in [0, 0.05) is 45.0 Å². The number of carbonyl (C=O) groups is 11. The zero-order valence-electron chi connectivity index (χ0n) is 41.0. The Labute approximate surface area is 420 Å². The molecule has 0 saturated carbocycles. The fourth-order valence-corrected chi connectivity index (χ4v) is 10.2. The average molecular weight is 1040 g/mol. The molecule has 3 rings (SSSR count). The lowest BCUT2D eigenvalue weighted by molar-refractivity contribution is -0.150. The molecule has 0 unspecified atom stereocenters. The van der Waals surface area contributed by atoms with Gasteiger partial charge in [-0.3, -0.25) is 52.7 Å². The number of phenols is 1. The number of hydrogen-bond acceptors (Lipinski definition) is 15. The monoisotopic (exact) mass is 1030 g/mol. The third kappa shape index (κ3) is 18.2. The normalized spacial score (nSPS) is 24.0. The molecule has 0 aliphatic carbocycles. The largest absolute Gasteiger partial charge is 0.508 e. The Bertz CT molecular complexity index is 2120. The van der Waals surface area contributed by atoms with Gasteiger partial charge in [0.25, 0.3) is 0 Å². The van der Waals surface area contributed by atoms with E-state index in [4.69, 9.17) is 22.9 Å². The molecule has 14 N–H and O–H groups in total. The summed E-state index contributed by atoms with van der Waals surface area (Å²) in [7, 11) is 4.86. The molecule has 9 atom stereocenters. The summed E-state index contributed by atoms with van der Waals surface area (Å²) < 4.78 is 0. The molecule has 394 valence electrons. The van der Waals surface area contributed by atoms with Gasteiger partial charge in [-0.15, -0.1) is 0 Å². The van der Waals surface area contributed by atoms with E-state index in [0.29, 0.717) is 18.4 Å². The third-order valence-corrected chi connectivity index (χ3v) is 14.5. The summed E-state index contributed by atoms with van der Waals surface area (Å²) in [6, 6.07) is -4.96. The first-order chi connectivity index (χ1) is 33.3. The molecular weight excluding hydrogens is 965 g/mol. The average Bonchev–Trinajstić information content (AvgIpc) is 3.80. The quantitative estimate of drug-likeness (QED) is 0.0699. The zero-order valence-corrected chi connectivity index (χ0v) is 42.6. The maximum atomic E-state index is 14.7. The molecule has 1 aromatic carbocycles. The van der Waals surface area contributed by atoms with Crippen LogP contribution in [0.15, 0.2) is 24.3 Å². The van der Waals surface area contributed by atoms with Gasteiger partial charge in [0.15, 0.2) is 0 Å². The van der Waals surface area contributed by atoms with Crippen LogP contribution in [0.25, 0.3) is 0 Å². The summed E-state index contributed by atoms with van der Waals surface area (Å²) in [6.07, 6.45) is -0.633. The smallest absolute Gasteiger partial charge is 0.246 e. The van der Waals surface area contributed by atoms with Crippen LogP contribution in [0.4, 0.5) is 0 Å². The van der Waals surface area contributed by atoms with E-state index in [0.717, 1.165) is 26.5 Å². The van der Waals surface area contributed by atoms with Crippen molar-refractivity contribution in [2.45, 2.75) is 127 Å². The first-order valence-corrected chi connectivity index (χ1v) is 25.8. The number of phenolic OH excluding ortho intramolecular Hbond substituents is 1. The van der Waals surface area contributed by atoms with Crippen molar-refractivity contribution in [1.29, 1.82) is 0 Å². The Hall–Kier alpha value is -6.15. The van der Waals surface area contributed by atoms with E-state index < -0.39 is 145 Å². The lowest BCUT2D eigenvalue weighted by Crippen LogP contribution is -2.61. The number of benzene rings is 1. The number of likely N-dealkylation sites (N-methyl/N-ethyl adjacent to an activating group) is 2. The predicted octanol–water partition coefficient (Wildman–Crippen LogP) is -2.92. The Morgan fingerprint density at radius 2 is 1.37 bits per heavy atom. The van der Waals surface area contributed by atoms with E-state index in [1.165, 1.54) is 48.2 Å². The topological polar surface area (TPSA) is 382 Å². The lowest BCUT2D eigenvalue weighted by Gasteiger charge is -2.36. The van der Waals surface area contributed by atoms with Gasteiger partial charge < -0.3 is 69.3 Å². The van der Waals surface area contributed by atoms with Gasteiger partial charge in [-0.25, -0.2) is 0 Å². The zero-order chi connectivity index (χ0) is 53.3. The minimum absolute atomic E-state index is 0.0458. The van der Waals surface area contributed by atoms with Crippen LogP contribution in [-0.2, 0) is 59.2 Å². The lowest BCUT2D eigenvalue weighted by atomic mass is 9.96. The van der Waals surface area contributed by atoms with Crippen molar-refractivity contribution in [3.8, 4) is 5.75 Å². The second kappa shape index (κ2) is 28.0. The highest BCUT2D eigenvalue weighted by Crippen LogP contribution is 2.27. The van der Waals surface area contributed by atoms with E-state index in [9.17, 15) is 57.8 Å². The van der Waals surface area contributed by atoms with E-state index in [2.05, 4.69) is 26.6 Å². The number of nitrogens with two attached hydrogens (primary N) is 4. The molecule has 0 spiro atoms. The molecular formula is C45H70N12O12S2. The second-order valence-electron chi connectivity index (χ2n) is 18.3. The molecule has 11 amide bonds. The maximum Gasteiger partial charge on any atom is 0.246 e. The van der Waals surface area contributed by atoms with Crippen molar-refractivity contribution in [1.82, 2.24) is 41.3 Å². The van der Waals surface area contributed by atoms with Gasteiger partial charge in [-0.1, -0.05) is 67.8 Å². The van der Waals surface area contributed by atoms with Crippen LogP contribution in [0.3, 0.4) is 0 Å². The number of likely N-dealkylation sites (tertiary alicyclic amines) is 1. The van der Waals surface area contributed by atoms with Crippen LogP contribution in [0, 0.1) is 11.8 Å². The second-order valence-corrected chi connectivity index (χ2v) is 20.8. The van der Waals surface area contributed by atoms with Gasteiger partial charge in [0.1, 0.15) is 48.0 Å². The number of aromatic hydroxyl groups is 1. The van der Waals surface area contributed by atoms with Crippen LogP contribution >= 0.6 is 21.6 Å². The number of nitrogens with one attached hydrogen (secondary N) is 5. The van der Waals surface area contributed by atoms with Gasteiger partial charge in [-0.05, 0) is 55.2 Å². The molecule has 71 heavy (non-hydrogen) atoms. The summed E-state index contributed by atoms with van der Waals surface area (Å²) in [5.41, 5.74) is 23.2. The van der Waals surface area contributed by atoms with E-state index >= 15 is 0 Å². The highest BCUT2D eigenvalue weighted by atomic mass is 33.1. The van der Waals surface area contributed by atoms with Gasteiger partial charge in [0.05, 0.1) is 19.0 Å². The van der Waals surface area contributed by atoms with Gasteiger partial charge >= 0.3 is 0 Å². The van der Waals surface area contributed by atoms with Crippen molar-refractivity contribution in [3.05, 3.63) is 29.8 Å². The molecule has 0 aromatic heterocycles. The Morgan fingerprint density at radius 3 is 1.96 bits per heavy atom. The molecule has 26 heteroatoms. The number of rotatable bonds is 17. The molecule has 2 fully saturated rings. The molecule has 0 radical (unpaired) electrons. The molecule has 0 bridgehead atoms. The fraction of sp³-hybridized carbons (Fsp3) is 0.622. The third-order valence-electron chi connectivity index (χ3n) is 12.1. The first-order valence-electron chi connectivity index (χ1n) is 23.3. The number of hydrogen-bond donors (Lipinski definition) is 10. The molecule has 2 saturated heterocycles. The van der Waals surface area contributed by atoms with Crippen LogP contribution in [0.1, 0.15) is 78.2 Å². The fourth-order valence-electron chi connectivity index (χ4n) is 7.88. The summed E-state index contributed by atoms with van der Waals surface area (Å²) in [5.74, 6) is -10.1. The summed E-state index contributed by atoms with van der Waals surface area (Å²) in [5, 5.41) is 22.7. The van der Waals surface area contributed by atoms with Crippen molar-refractivity contribution < 1.29 is 57.8 Å². The van der Waals surface area contributed by atoms with Crippen molar-refractivity contribution >= 4 is 86.6 Å². The Kier molecular flexibility index (Phi) is 23.4. The predicted molar refractivity (Wildman–Crippen MR) is 264 cm³/mol.